The Morgan fingerprint density at radius 2 is 2.24 bits per heavy atom. The number of rotatable bonds is 3. The molecule has 0 spiro atoms. The van der Waals surface area contributed by atoms with Crippen LogP contribution in [0.2, 0.25) is 0 Å². The molecule has 5 rings (SSSR count). The summed E-state index contributed by atoms with van der Waals surface area (Å²) in [5, 5.41) is 12.4. The van der Waals surface area contributed by atoms with Gasteiger partial charge in [-0.05, 0) is 37.1 Å². The lowest BCUT2D eigenvalue weighted by molar-refractivity contribution is -0.139. The highest BCUT2D eigenvalue weighted by Crippen LogP contribution is 2.59. The Morgan fingerprint density at radius 1 is 1.36 bits per heavy atom. The molecule has 0 amide bonds. The highest BCUT2D eigenvalue weighted by atomic mass is 16.5. The summed E-state index contributed by atoms with van der Waals surface area (Å²) in [6, 6.07) is 7.44. The highest BCUT2D eigenvalue weighted by Gasteiger charge is 2.63. The molecule has 3 atom stereocenters. The number of nitrogens with one attached hydrogen (secondary N) is 1. The maximum absolute atomic E-state index is 11.2. The number of hydrogen-bond acceptors (Lipinski definition) is 5. The van der Waals surface area contributed by atoms with E-state index in [9.17, 15) is 9.90 Å². The first-order valence-corrected chi connectivity index (χ1v) is 8.26. The molecule has 6 nitrogen and oxygen atoms in total. The van der Waals surface area contributed by atoms with Gasteiger partial charge in [0.05, 0.1) is 0 Å². The third-order valence-electron chi connectivity index (χ3n) is 5.06. The Morgan fingerprint density at radius 3 is 3.08 bits per heavy atom. The third-order valence-corrected chi connectivity index (χ3v) is 5.06. The Kier molecular flexibility index (Phi) is 2.86. The zero-order chi connectivity index (χ0) is 17.1. The molecule has 0 saturated heterocycles. The molecule has 1 aliphatic carbocycles. The average molecular weight is 336 g/mol. The van der Waals surface area contributed by atoms with E-state index in [1.165, 1.54) is 0 Å². The van der Waals surface area contributed by atoms with Crippen LogP contribution in [0.25, 0.3) is 0 Å². The second-order valence-electron chi connectivity index (χ2n) is 6.64. The second-order valence-corrected chi connectivity index (χ2v) is 6.64. The molecular weight excluding hydrogens is 320 g/mol. The first kappa shape index (κ1) is 14.3. The van der Waals surface area contributed by atoms with E-state index in [2.05, 4.69) is 16.9 Å². The topological polar surface area (TPSA) is 80.7 Å². The summed E-state index contributed by atoms with van der Waals surface area (Å²) in [5.74, 6) is 1.67. The monoisotopic (exact) mass is 336 g/mol. The predicted molar refractivity (Wildman–Crippen MR) is 90.1 cm³/mol. The number of fused-ring (bicyclic) bond motifs is 4. The van der Waals surface area contributed by atoms with Gasteiger partial charge in [-0.1, -0.05) is 6.58 Å². The molecule has 3 unspecified atom stereocenters. The summed E-state index contributed by atoms with van der Waals surface area (Å²) in [6.07, 6.45) is 3.14. The maximum atomic E-state index is 11.2. The first-order chi connectivity index (χ1) is 12.1. The average Bonchev–Trinajstić information content (AvgIpc) is 3.19. The number of carboxylic acid groups (broad SMARTS) is 1. The lowest BCUT2D eigenvalue weighted by atomic mass is 10.0. The van der Waals surface area contributed by atoms with Gasteiger partial charge in [-0.25, -0.2) is 4.98 Å². The first-order valence-electron chi connectivity index (χ1n) is 8.26. The van der Waals surface area contributed by atoms with Gasteiger partial charge >= 0.3 is 5.97 Å². The molecule has 126 valence electrons. The molecule has 3 heterocycles. The fourth-order valence-corrected chi connectivity index (χ4v) is 3.75. The van der Waals surface area contributed by atoms with Gasteiger partial charge in [-0.15, -0.1) is 0 Å². The summed E-state index contributed by atoms with van der Waals surface area (Å²) in [6.45, 7) is 3.95. The van der Waals surface area contributed by atoms with Gasteiger partial charge in [0.1, 0.15) is 35.1 Å². The van der Waals surface area contributed by atoms with E-state index in [0.29, 0.717) is 5.75 Å². The number of carboxylic acids is 1. The number of ether oxygens (including phenoxy) is 2. The van der Waals surface area contributed by atoms with Gasteiger partial charge in [0, 0.05) is 28.9 Å². The molecule has 2 N–H and O–H groups in total. The summed E-state index contributed by atoms with van der Waals surface area (Å²) in [7, 11) is 0. The number of allylic oxidation sites excluding steroid dienone is 1. The van der Waals surface area contributed by atoms with Gasteiger partial charge in [0.25, 0.3) is 0 Å². The van der Waals surface area contributed by atoms with Crippen LogP contribution in [0.5, 0.6) is 17.2 Å². The molecule has 6 heteroatoms. The minimum Gasteiger partial charge on any atom is -0.489 e. The number of hydrogen-bond donors (Lipinski definition) is 2. The van der Waals surface area contributed by atoms with Crippen LogP contribution >= 0.6 is 0 Å². The van der Waals surface area contributed by atoms with Crippen LogP contribution in [0.4, 0.5) is 5.82 Å². The molecule has 1 fully saturated rings. The second kappa shape index (κ2) is 4.99. The molecule has 0 bridgehead atoms. The van der Waals surface area contributed by atoms with E-state index in [1.54, 1.807) is 6.20 Å². The van der Waals surface area contributed by atoms with Crippen molar-refractivity contribution in [1.29, 1.82) is 0 Å². The van der Waals surface area contributed by atoms with Crippen molar-refractivity contribution >= 4 is 11.8 Å². The Labute approximate surface area is 144 Å². The van der Waals surface area contributed by atoms with Crippen molar-refractivity contribution in [3.8, 4) is 17.2 Å². The number of aromatic nitrogens is 1. The SMILES string of the molecule is C=C1CCc2c(Oc3ccc4c(c3)C3C(O4)C3C(=O)O)ccnc2N1. The lowest BCUT2D eigenvalue weighted by Crippen LogP contribution is -2.11. The standard InChI is InChI=1S/C19H16N2O4/c1-9-2-4-11-14(6-7-20-18(11)21-9)24-10-3-5-13-12(8-10)15-16(19(22)23)17(15)25-13/h3,5-8,15-17H,1-2,4H2,(H,20,21)(H,22,23). The number of carbonyl (C=O) groups is 1. The normalized spacial score (nSPS) is 25.1. The predicted octanol–water partition coefficient (Wildman–Crippen LogP) is 3.30. The summed E-state index contributed by atoms with van der Waals surface area (Å²) < 4.78 is 11.8. The minimum atomic E-state index is -0.804. The van der Waals surface area contributed by atoms with Crippen molar-refractivity contribution in [2.24, 2.45) is 5.92 Å². The zero-order valence-electron chi connectivity index (χ0n) is 13.4. The Hall–Kier alpha value is -3.02. The molecule has 1 aromatic carbocycles. The highest BCUT2D eigenvalue weighted by molar-refractivity contribution is 5.79. The van der Waals surface area contributed by atoms with E-state index in [4.69, 9.17) is 9.47 Å². The number of aliphatic carboxylic acids is 1. The minimum absolute atomic E-state index is 0.0626. The van der Waals surface area contributed by atoms with E-state index < -0.39 is 11.9 Å². The van der Waals surface area contributed by atoms with Crippen molar-refractivity contribution in [2.75, 3.05) is 5.32 Å². The molecule has 25 heavy (non-hydrogen) atoms. The van der Waals surface area contributed by atoms with Gasteiger partial charge in [0.2, 0.25) is 0 Å². The smallest absolute Gasteiger partial charge is 0.311 e. The fraction of sp³-hybridized carbons (Fsp3) is 0.263. The van der Waals surface area contributed by atoms with Crippen LogP contribution in [0.15, 0.2) is 42.7 Å². The quantitative estimate of drug-likeness (QED) is 0.895. The molecule has 1 saturated carbocycles. The van der Waals surface area contributed by atoms with Crippen molar-refractivity contribution in [3.05, 3.63) is 53.9 Å². The van der Waals surface area contributed by atoms with Crippen LogP contribution in [0.1, 0.15) is 23.5 Å². The number of anilines is 1. The number of pyridine rings is 1. The zero-order valence-corrected chi connectivity index (χ0v) is 13.4. The van der Waals surface area contributed by atoms with Crippen LogP contribution < -0.4 is 14.8 Å². The maximum Gasteiger partial charge on any atom is 0.311 e. The summed E-state index contributed by atoms with van der Waals surface area (Å²) in [4.78, 5) is 15.6. The fourth-order valence-electron chi connectivity index (χ4n) is 3.75. The van der Waals surface area contributed by atoms with E-state index >= 15 is 0 Å². The molecular formula is C19H16N2O4. The van der Waals surface area contributed by atoms with Gasteiger partial charge in [0.15, 0.2) is 0 Å². The van der Waals surface area contributed by atoms with Crippen molar-refractivity contribution in [2.45, 2.75) is 24.9 Å². The third kappa shape index (κ3) is 2.17. The van der Waals surface area contributed by atoms with Crippen molar-refractivity contribution < 1.29 is 19.4 Å². The van der Waals surface area contributed by atoms with Crippen LogP contribution in [0, 0.1) is 5.92 Å². The van der Waals surface area contributed by atoms with Crippen molar-refractivity contribution in [1.82, 2.24) is 4.98 Å². The van der Waals surface area contributed by atoms with E-state index in [0.717, 1.165) is 47.0 Å². The summed E-state index contributed by atoms with van der Waals surface area (Å²) >= 11 is 0. The lowest BCUT2D eigenvalue weighted by Gasteiger charge is -2.21. The van der Waals surface area contributed by atoms with Gasteiger partial charge in [-0.2, -0.15) is 0 Å². The van der Waals surface area contributed by atoms with E-state index in [-0.39, 0.29) is 12.0 Å². The largest absolute Gasteiger partial charge is 0.489 e. The molecule has 1 aromatic heterocycles. The van der Waals surface area contributed by atoms with Crippen LogP contribution in [-0.4, -0.2) is 22.2 Å². The molecule has 2 aliphatic heterocycles. The molecule has 3 aliphatic rings. The number of benzene rings is 1. The Bertz CT molecular complexity index is 924. The van der Waals surface area contributed by atoms with E-state index in [1.807, 2.05) is 24.3 Å². The number of nitrogens with zero attached hydrogens (tertiary/aromatic N) is 1. The van der Waals surface area contributed by atoms with Gasteiger partial charge < -0.3 is 19.9 Å². The molecule has 0 radical (unpaired) electrons. The molecule has 2 aromatic rings. The van der Waals surface area contributed by atoms with Gasteiger partial charge in [-0.3, -0.25) is 4.79 Å². The summed E-state index contributed by atoms with van der Waals surface area (Å²) in [5.41, 5.74) is 2.90. The van der Waals surface area contributed by atoms with Crippen LogP contribution in [0.3, 0.4) is 0 Å². The van der Waals surface area contributed by atoms with Crippen molar-refractivity contribution in [3.63, 3.8) is 0 Å². The Balaban J connectivity index is 1.44. The van der Waals surface area contributed by atoms with Crippen LogP contribution in [-0.2, 0) is 11.2 Å².